The zero-order chi connectivity index (χ0) is 16.2. The van der Waals surface area contributed by atoms with Gasteiger partial charge in [0.1, 0.15) is 5.82 Å². The van der Waals surface area contributed by atoms with E-state index >= 15 is 0 Å². The quantitative estimate of drug-likeness (QED) is 0.840. The maximum Gasteiger partial charge on any atom is 0.236 e. The van der Waals surface area contributed by atoms with Crippen LogP contribution < -0.4 is 0 Å². The highest BCUT2D eigenvalue weighted by atomic mass is 32.2. The zero-order valence-corrected chi connectivity index (χ0v) is 13.3. The lowest BCUT2D eigenvalue weighted by Crippen LogP contribution is -2.28. The molecule has 22 heavy (non-hydrogen) atoms. The van der Waals surface area contributed by atoms with Gasteiger partial charge in [0.25, 0.3) is 0 Å². The Labute approximate surface area is 130 Å². The predicted octanol–water partition coefficient (Wildman–Crippen LogP) is 3.82. The Kier molecular flexibility index (Phi) is 5.11. The van der Waals surface area contributed by atoms with Crippen LogP contribution in [0.2, 0.25) is 0 Å². The molecule has 0 N–H and O–H groups in total. The second-order valence-electron chi connectivity index (χ2n) is 5.00. The summed E-state index contributed by atoms with van der Waals surface area (Å²) in [5.74, 6) is -0.342. The van der Waals surface area contributed by atoms with Gasteiger partial charge in [0, 0.05) is 18.5 Å². The molecule has 0 bridgehead atoms. The van der Waals surface area contributed by atoms with Crippen molar-refractivity contribution >= 4 is 16.1 Å². The average molecular weight is 319 g/mol. The first-order chi connectivity index (χ1) is 10.4. The zero-order valence-electron chi connectivity index (χ0n) is 12.5. The molecular formula is C17H18FNO2S. The van der Waals surface area contributed by atoms with E-state index in [0.29, 0.717) is 0 Å². The highest BCUT2D eigenvalue weighted by molar-refractivity contribution is 7.92. The van der Waals surface area contributed by atoms with Crippen LogP contribution in [-0.2, 0) is 10.0 Å². The van der Waals surface area contributed by atoms with E-state index in [1.807, 2.05) is 30.3 Å². The molecular weight excluding hydrogens is 301 g/mol. The molecule has 0 saturated carbocycles. The maximum absolute atomic E-state index is 13.0. The molecule has 116 valence electrons. The SMILES string of the molecule is CC(c1ccc(F)cc1)N(C)S(=O)(=O)/C=C/c1ccccc1. The third-order valence-electron chi connectivity index (χ3n) is 3.53. The van der Waals surface area contributed by atoms with Gasteiger partial charge in [-0.1, -0.05) is 42.5 Å². The first kappa shape index (κ1) is 16.4. The molecule has 5 heteroatoms. The van der Waals surface area contributed by atoms with E-state index in [1.54, 1.807) is 25.1 Å². The van der Waals surface area contributed by atoms with Crippen molar-refractivity contribution in [2.75, 3.05) is 7.05 Å². The van der Waals surface area contributed by atoms with Crippen molar-refractivity contribution in [3.8, 4) is 0 Å². The first-order valence-corrected chi connectivity index (χ1v) is 8.37. The Balaban J connectivity index is 2.18. The van der Waals surface area contributed by atoms with Gasteiger partial charge in [-0.3, -0.25) is 0 Å². The lowest BCUT2D eigenvalue weighted by atomic mass is 10.1. The fourth-order valence-corrected chi connectivity index (χ4v) is 3.08. The molecule has 2 rings (SSSR count). The maximum atomic E-state index is 13.0. The molecule has 0 aliphatic heterocycles. The normalized spacial score (nSPS) is 13.6. The van der Waals surface area contributed by atoms with E-state index in [4.69, 9.17) is 0 Å². The summed E-state index contributed by atoms with van der Waals surface area (Å²) in [6.07, 6.45) is 1.56. The number of nitrogens with zero attached hydrogens (tertiary/aromatic N) is 1. The molecule has 0 spiro atoms. The van der Waals surface area contributed by atoms with Crippen molar-refractivity contribution < 1.29 is 12.8 Å². The van der Waals surface area contributed by atoms with Crippen LogP contribution in [0.3, 0.4) is 0 Å². The third-order valence-corrected chi connectivity index (χ3v) is 5.13. The van der Waals surface area contributed by atoms with E-state index in [0.717, 1.165) is 11.1 Å². The van der Waals surface area contributed by atoms with E-state index in [-0.39, 0.29) is 11.9 Å². The second-order valence-corrected chi connectivity index (χ2v) is 6.88. The monoisotopic (exact) mass is 319 g/mol. The number of benzene rings is 2. The molecule has 1 atom stereocenters. The van der Waals surface area contributed by atoms with E-state index in [1.165, 1.54) is 28.9 Å². The molecule has 0 fully saturated rings. The van der Waals surface area contributed by atoms with Gasteiger partial charge in [0.2, 0.25) is 10.0 Å². The Hall–Kier alpha value is -1.98. The van der Waals surface area contributed by atoms with Crippen LogP contribution in [0.15, 0.2) is 60.0 Å². The Morgan fingerprint density at radius 1 is 1.05 bits per heavy atom. The number of sulfonamides is 1. The van der Waals surface area contributed by atoms with Crippen LogP contribution in [0.5, 0.6) is 0 Å². The number of hydrogen-bond donors (Lipinski definition) is 0. The number of halogens is 1. The van der Waals surface area contributed by atoms with Crippen molar-refractivity contribution in [3.63, 3.8) is 0 Å². The largest absolute Gasteiger partial charge is 0.236 e. The van der Waals surface area contributed by atoms with Crippen molar-refractivity contribution in [2.24, 2.45) is 0 Å². The van der Waals surface area contributed by atoms with E-state index < -0.39 is 10.0 Å². The lowest BCUT2D eigenvalue weighted by molar-refractivity contribution is 0.404. The van der Waals surface area contributed by atoms with Gasteiger partial charge in [-0.05, 0) is 36.3 Å². The van der Waals surface area contributed by atoms with Gasteiger partial charge >= 0.3 is 0 Å². The summed E-state index contributed by atoms with van der Waals surface area (Å²) in [4.78, 5) is 0. The minimum Gasteiger partial charge on any atom is -0.207 e. The summed E-state index contributed by atoms with van der Waals surface area (Å²) in [5.41, 5.74) is 1.55. The van der Waals surface area contributed by atoms with Crippen LogP contribution in [0, 0.1) is 5.82 Å². The molecule has 0 aliphatic rings. The smallest absolute Gasteiger partial charge is 0.207 e. The van der Waals surface area contributed by atoms with Gasteiger partial charge in [0.05, 0.1) is 0 Å². The predicted molar refractivity (Wildman–Crippen MR) is 87.0 cm³/mol. The molecule has 0 saturated heterocycles. The fraction of sp³-hybridized carbons (Fsp3) is 0.176. The minimum atomic E-state index is -3.56. The molecule has 0 heterocycles. The van der Waals surface area contributed by atoms with Crippen molar-refractivity contribution in [2.45, 2.75) is 13.0 Å². The Morgan fingerprint density at radius 2 is 1.64 bits per heavy atom. The second kappa shape index (κ2) is 6.85. The van der Waals surface area contributed by atoms with Crippen molar-refractivity contribution in [1.29, 1.82) is 0 Å². The van der Waals surface area contributed by atoms with Crippen LogP contribution in [-0.4, -0.2) is 19.8 Å². The molecule has 2 aromatic rings. The summed E-state index contributed by atoms with van der Waals surface area (Å²) in [5, 5.41) is 1.18. The lowest BCUT2D eigenvalue weighted by Gasteiger charge is -2.23. The Bertz CT molecular complexity index is 740. The summed E-state index contributed by atoms with van der Waals surface area (Å²) in [6, 6.07) is 14.7. The molecule has 0 amide bonds. The minimum absolute atomic E-state index is 0.342. The molecule has 3 nitrogen and oxygen atoms in total. The van der Waals surface area contributed by atoms with Crippen molar-refractivity contribution in [3.05, 3.63) is 76.9 Å². The molecule has 0 aromatic heterocycles. The van der Waals surface area contributed by atoms with Crippen LogP contribution in [0.4, 0.5) is 4.39 Å². The number of rotatable bonds is 5. The topological polar surface area (TPSA) is 37.4 Å². The highest BCUT2D eigenvalue weighted by Gasteiger charge is 2.21. The van der Waals surface area contributed by atoms with Gasteiger partial charge in [-0.2, -0.15) is 4.31 Å². The van der Waals surface area contributed by atoms with Gasteiger partial charge in [-0.15, -0.1) is 0 Å². The van der Waals surface area contributed by atoms with Gasteiger partial charge in [0.15, 0.2) is 0 Å². The standard InChI is InChI=1S/C17H18FNO2S/c1-14(16-8-10-17(18)11-9-16)19(2)22(20,21)13-12-15-6-4-3-5-7-15/h3-14H,1-2H3/b13-12+. The number of hydrogen-bond acceptors (Lipinski definition) is 2. The van der Waals surface area contributed by atoms with Crippen LogP contribution >= 0.6 is 0 Å². The summed E-state index contributed by atoms with van der Waals surface area (Å²) in [6.45, 7) is 1.77. The first-order valence-electron chi connectivity index (χ1n) is 6.87. The summed E-state index contributed by atoms with van der Waals surface area (Å²) in [7, 11) is -2.04. The van der Waals surface area contributed by atoms with Crippen LogP contribution in [0.1, 0.15) is 24.1 Å². The molecule has 0 aliphatic carbocycles. The molecule has 1 unspecified atom stereocenters. The summed E-state index contributed by atoms with van der Waals surface area (Å²) < 4.78 is 38.9. The van der Waals surface area contributed by atoms with Crippen molar-refractivity contribution in [1.82, 2.24) is 4.31 Å². The Morgan fingerprint density at radius 3 is 2.23 bits per heavy atom. The van der Waals surface area contributed by atoms with Gasteiger partial charge in [-0.25, -0.2) is 12.8 Å². The highest BCUT2D eigenvalue weighted by Crippen LogP contribution is 2.22. The van der Waals surface area contributed by atoms with E-state index in [9.17, 15) is 12.8 Å². The fourth-order valence-electron chi connectivity index (χ4n) is 2.00. The van der Waals surface area contributed by atoms with E-state index in [2.05, 4.69) is 0 Å². The average Bonchev–Trinajstić information content (AvgIpc) is 2.53. The summed E-state index contributed by atoms with van der Waals surface area (Å²) >= 11 is 0. The third kappa shape index (κ3) is 4.02. The van der Waals surface area contributed by atoms with Crippen LogP contribution in [0.25, 0.3) is 6.08 Å². The molecule has 2 aromatic carbocycles. The molecule has 0 radical (unpaired) electrons. The van der Waals surface area contributed by atoms with Gasteiger partial charge < -0.3 is 0 Å².